The second kappa shape index (κ2) is 11.2. The Labute approximate surface area is 222 Å². The fourth-order valence-electron chi connectivity index (χ4n) is 4.17. The number of alkyl halides is 2. The highest BCUT2D eigenvalue weighted by Gasteiger charge is 2.43. The van der Waals surface area contributed by atoms with E-state index in [9.17, 15) is 17.2 Å². The summed E-state index contributed by atoms with van der Waals surface area (Å²) in [6, 6.07) is 0. The molecule has 1 fully saturated rings. The van der Waals surface area contributed by atoms with E-state index in [0.717, 1.165) is 0 Å². The van der Waals surface area contributed by atoms with Gasteiger partial charge in [0.05, 0.1) is 19.2 Å². The van der Waals surface area contributed by atoms with Gasteiger partial charge in [-0.3, -0.25) is 9.29 Å². The summed E-state index contributed by atoms with van der Waals surface area (Å²) in [5.41, 5.74) is 0.0482. The minimum atomic E-state index is -4.27. The molecule has 1 aliphatic rings. The maximum Gasteiger partial charge on any atom is 0.245 e. The highest BCUT2D eigenvalue weighted by Crippen LogP contribution is 2.47. The summed E-state index contributed by atoms with van der Waals surface area (Å²) in [4.78, 5) is 16.2. The van der Waals surface area contributed by atoms with E-state index in [0.29, 0.717) is 6.42 Å². The first-order chi connectivity index (χ1) is 18.1. The van der Waals surface area contributed by atoms with Crippen molar-refractivity contribution in [1.82, 2.24) is 34.7 Å². The van der Waals surface area contributed by atoms with Crippen molar-refractivity contribution >= 4 is 27.6 Å². The second-order valence-electron chi connectivity index (χ2n) is 8.41. The van der Waals surface area contributed by atoms with Crippen molar-refractivity contribution in [1.29, 1.82) is 0 Å². The van der Waals surface area contributed by atoms with Crippen molar-refractivity contribution in [2.24, 2.45) is 5.92 Å². The van der Waals surface area contributed by atoms with E-state index in [1.54, 1.807) is 0 Å². The van der Waals surface area contributed by atoms with Crippen LogP contribution >= 0.6 is 11.6 Å². The van der Waals surface area contributed by atoms with E-state index in [4.69, 9.17) is 25.8 Å². The van der Waals surface area contributed by atoms with Gasteiger partial charge in [0.2, 0.25) is 34.2 Å². The molecule has 13 nitrogen and oxygen atoms in total. The van der Waals surface area contributed by atoms with Gasteiger partial charge in [0.15, 0.2) is 11.5 Å². The van der Waals surface area contributed by atoms with Gasteiger partial charge in [0, 0.05) is 31.3 Å². The van der Waals surface area contributed by atoms with Crippen LogP contribution in [0.15, 0.2) is 18.7 Å². The Morgan fingerprint density at radius 3 is 2.18 bits per heavy atom. The van der Waals surface area contributed by atoms with Crippen molar-refractivity contribution in [2.75, 3.05) is 26.1 Å². The number of ether oxygens (including phenoxy) is 3. The van der Waals surface area contributed by atoms with E-state index in [2.05, 4.69) is 34.9 Å². The van der Waals surface area contributed by atoms with Crippen LogP contribution in [0.2, 0.25) is 5.02 Å². The van der Waals surface area contributed by atoms with Crippen LogP contribution in [-0.4, -0.2) is 76.1 Å². The van der Waals surface area contributed by atoms with Crippen LogP contribution in [0.25, 0.3) is 5.69 Å². The molecule has 0 saturated heterocycles. The Morgan fingerprint density at radius 2 is 1.68 bits per heavy atom. The van der Waals surface area contributed by atoms with Crippen LogP contribution in [0.5, 0.6) is 11.8 Å². The predicted octanol–water partition coefficient (Wildman–Crippen LogP) is 2.79. The van der Waals surface area contributed by atoms with Gasteiger partial charge in [-0.15, -0.1) is 10.2 Å². The first-order valence-electron chi connectivity index (χ1n) is 11.3. The number of halogens is 3. The molecule has 0 amide bonds. The van der Waals surface area contributed by atoms with Crippen LogP contribution in [0.1, 0.15) is 43.4 Å². The SMILES string of the molecule is COc1ncnc(OC)c1-n1c(NS(=O)(=O)C(C)C(OC)c2ncc(Cl)cn2)nnc1[C@@H]1CC[C@@H]1C(F)F. The molecule has 0 bridgehead atoms. The Morgan fingerprint density at radius 1 is 1.05 bits per heavy atom. The van der Waals surface area contributed by atoms with Gasteiger partial charge < -0.3 is 14.2 Å². The summed E-state index contributed by atoms with van der Waals surface area (Å²) in [5.74, 6) is -1.84. The molecule has 38 heavy (non-hydrogen) atoms. The molecule has 1 saturated carbocycles. The van der Waals surface area contributed by atoms with Gasteiger partial charge in [-0.05, 0) is 19.8 Å². The molecule has 0 spiro atoms. The van der Waals surface area contributed by atoms with Crippen molar-refractivity contribution in [3.63, 3.8) is 0 Å². The summed E-state index contributed by atoms with van der Waals surface area (Å²) < 4.78 is 74.0. The normalized spacial score (nSPS) is 19.1. The van der Waals surface area contributed by atoms with Gasteiger partial charge in [-0.25, -0.2) is 27.2 Å². The molecule has 17 heteroatoms. The number of rotatable bonds is 11. The van der Waals surface area contributed by atoms with Gasteiger partial charge in [-0.2, -0.15) is 9.97 Å². The molecule has 0 aromatic carbocycles. The predicted molar refractivity (Wildman–Crippen MR) is 130 cm³/mol. The van der Waals surface area contributed by atoms with E-state index in [1.165, 1.54) is 51.5 Å². The molecule has 4 atom stereocenters. The number of anilines is 1. The molecule has 2 unspecified atom stereocenters. The Kier molecular flexibility index (Phi) is 8.22. The summed E-state index contributed by atoms with van der Waals surface area (Å²) in [5, 5.41) is 7.12. The minimum Gasteiger partial charge on any atom is -0.479 e. The van der Waals surface area contributed by atoms with E-state index < -0.39 is 39.6 Å². The molecule has 0 radical (unpaired) electrons. The maximum absolute atomic E-state index is 13.7. The third kappa shape index (κ3) is 5.19. The van der Waals surface area contributed by atoms with Gasteiger partial charge in [-0.1, -0.05) is 11.6 Å². The number of aromatic nitrogens is 7. The lowest BCUT2D eigenvalue weighted by Gasteiger charge is -2.35. The Bertz CT molecular complexity index is 1360. The zero-order chi connectivity index (χ0) is 27.6. The Hall–Kier alpha value is -3.24. The molecule has 1 aliphatic carbocycles. The number of nitrogens with one attached hydrogen (secondary N) is 1. The largest absolute Gasteiger partial charge is 0.479 e. The van der Waals surface area contributed by atoms with Crippen LogP contribution in [0.4, 0.5) is 14.7 Å². The van der Waals surface area contributed by atoms with Gasteiger partial charge in [0.25, 0.3) is 0 Å². The molecule has 3 aromatic heterocycles. The average Bonchev–Trinajstić information content (AvgIpc) is 3.25. The lowest BCUT2D eigenvalue weighted by Crippen LogP contribution is -2.34. The Balaban J connectivity index is 1.79. The number of methoxy groups -OCH3 is 3. The fourth-order valence-corrected chi connectivity index (χ4v) is 5.40. The summed E-state index contributed by atoms with van der Waals surface area (Å²) in [6.45, 7) is 1.39. The zero-order valence-electron chi connectivity index (χ0n) is 20.7. The number of hydrogen-bond donors (Lipinski definition) is 1. The van der Waals surface area contributed by atoms with Crippen molar-refractivity contribution in [3.8, 4) is 17.4 Å². The van der Waals surface area contributed by atoms with E-state index in [-0.39, 0.29) is 46.5 Å². The molecule has 1 N–H and O–H groups in total. The van der Waals surface area contributed by atoms with Crippen LogP contribution < -0.4 is 14.2 Å². The number of nitrogens with zero attached hydrogens (tertiary/aromatic N) is 7. The average molecular weight is 575 g/mol. The van der Waals surface area contributed by atoms with Crippen LogP contribution in [0, 0.1) is 5.92 Å². The second-order valence-corrected chi connectivity index (χ2v) is 10.9. The number of hydrogen-bond acceptors (Lipinski definition) is 11. The van der Waals surface area contributed by atoms with Crippen molar-refractivity contribution in [3.05, 3.63) is 35.4 Å². The minimum absolute atomic E-state index is 0.0105. The van der Waals surface area contributed by atoms with Crippen LogP contribution in [-0.2, 0) is 14.8 Å². The van der Waals surface area contributed by atoms with E-state index in [1.807, 2.05) is 0 Å². The molecule has 3 aromatic rings. The molecular weight excluding hydrogens is 550 g/mol. The third-order valence-corrected chi connectivity index (χ3v) is 8.22. The molecular formula is C21H25ClF2N8O5S. The lowest BCUT2D eigenvalue weighted by atomic mass is 9.73. The van der Waals surface area contributed by atoms with E-state index >= 15 is 0 Å². The highest BCUT2D eigenvalue weighted by atomic mass is 35.5. The molecule has 3 heterocycles. The fraction of sp³-hybridized carbons (Fsp3) is 0.524. The highest BCUT2D eigenvalue weighted by molar-refractivity contribution is 7.93. The number of sulfonamides is 1. The maximum atomic E-state index is 13.7. The summed E-state index contributed by atoms with van der Waals surface area (Å²) in [6.07, 6.45) is 0.807. The smallest absolute Gasteiger partial charge is 0.245 e. The first-order valence-corrected chi connectivity index (χ1v) is 13.2. The zero-order valence-corrected chi connectivity index (χ0v) is 22.3. The van der Waals surface area contributed by atoms with Crippen LogP contribution in [0.3, 0.4) is 0 Å². The van der Waals surface area contributed by atoms with Crippen molar-refractivity contribution in [2.45, 2.75) is 43.5 Å². The third-order valence-electron chi connectivity index (χ3n) is 6.33. The monoisotopic (exact) mass is 574 g/mol. The standard InChI is InChI=1S/C21H25ClF2N8O5S/c1-10(15(35-2)17-25-7-11(22)8-26-17)38(33,34)31-21-30-29-18(13-6-5-12(13)16(23)24)32(21)14-19(36-3)27-9-28-20(14)37-4/h7-10,12-13,15-16H,5-6H2,1-4H3,(H,30,31)/t10?,12-,13+,15?/m0/s1. The quantitative estimate of drug-likeness (QED) is 0.359. The lowest BCUT2D eigenvalue weighted by molar-refractivity contribution is 0.0139. The topological polar surface area (TPSA) is 156 Å². The van der Waals surface area contributed by atoms with Crippen molar-refractivity contribution < 1.29 is 31.4 Å². The molecule has 206 valence electrons. The van der Waals surface area contributed by atoms with Gasteiger partial charge in [0.1, 0.15) is 23.5 Å². The molecule has 0 aliphatic heterocycles. The van der Waals surface area contributed by atoms with Gasteiger partial charge >= 0.3 is 0 Å². The molecule has 4 rings (SSSR count). The summed E-state index contributed by atoms with van der Waals surface area (Å²) >= 11 is 5.84. The summed E-state index contributed by atoms with van der Waals surface area (Å²) in [7, 11) is -0.282. The first kappa shape index (κ1) is 27.8.